The van der Waals surface area contributed by atoms with Crippen LogP contribution in [0.25, 0.3) is 16.9 Å². The third-order valence-electron chi connectivity index (χ3n) is 4.87. The van der Waals surface area contributed by atoms with E-state index in [4.69, 9.17) is 0 Å². The van der Waals surface area contributed by atoms with E-state index in [9.17, 15) is 18.0 Å². The van der Waals surface area contributed by atoms with Crippen molar-refractivity contribution < 1.29 is 18.0 Å². The fraction of sp³-hybridized carbons (Fsp3) is 0.136. The zero-order chi connectivity index (χ0) is 22.3. The summed E-state index contributed by atoms with van der Waals surface area (Å²) in [6, 6.07) is 14.8. The van der Waals surface area contributed by atoms with Crippen molar-refractivity contribution in [2.24, 2.45) is 0 Å². The average molecular weight is 489 g/mol. The summed E-state index contributed by atoms with van der Waals surface area (Å²) in [6.07, 6.45) is -4.70. The SMILES string of the molecule is Cc1ccc(NC(=O)c2nn3c(C(F)(F)F)cc(-c4ccccc4)nc3c2Br)cc1C. The van der Waals surface area contributed by atoms with Crippen LogP contribution in [-0.2, 0) is 6.18 Å². The van der Waals surface area contributed by atoms with Gasteiger partial charge in [-0.3, -0.25) is 4.79 Å². The summed E-state index contributed by atoms with van der Waals surface area (Å²) < 4.78 is 42.1. The highest BCUT2D eigenvalue weighted by atomic mass is 79.9. The second kappa shape index (κ2) is 7.81. The highest BCUT2D eigenvalue weighted by molar-refractivity contribution is 9.10. The molecular formula is C22H16BrF3N4O. The molecule has 5 nitrogen and oxygen atoms in total. The van der Waals surface area contributed by atoms with Gasteiger partial charge in [0.2, 0.25) is 0 Å². The lowest BCUT2D eigenvalue weighted by Crippen LogP contribution is -2.16. The molecular weight excluding hydrogens is 473 g/mol. The number of nitrogens with zero attached hydrogens (tertiary/aromatic N) is 3. The van der Waals surface area contributed by atoms with Gasteiger partial charge < -0.3 is 5.32 Å². The zero-order valence-corrected chi connectivity index (χ0v) is 18.0. The average Bonchev–Trinajstić information content (AvgIpc) is 3.06. The molecule has 0 atom stereocenters. The quantitative estimate of drug-likeness (QED) is 0.382. The Labute approximate surface area is 184 Å². The summed E-state index contributed by atoms with van der Waals surface area (Å²) in [5, 5.41) is 6.60. The van der Waals surface area contributed by atoms with E-state index >= 15 is 0 Å². The Morgan fingerprint density at radius 2 is 1.74 bits per heavy atom. The molecule has 0 bridgehead atoms. The predicted octanol–water partition coefficient (Wildman–Crippen LogP) is 6.05. The summed E-state index contributed by atoms with van der Waals surface area (Å²) >= 11 is 3.23. The molecule has 1 N–H and O–H groups in total. The first-order chi connectivity index (χ1) is 14.6. The van der Waals surface area contributed by atoms with Gasteiger partial charge in [0.25, 0.3) is 5.91 Å². The first-order valence-electron chi connectivity index (χ1n) is 9.25. The van der Waals surface area contributed by atoms with E-state index < -0.39 is 17.8 Å². The van der Waals surface area contributed by atoms with E-state index in [-0.39, 0.29) is 21.5 Å². The summed E-state index contributed by atoms with van der Waals surface area (Å²) in [5.74, 6) is -0.644. The Bertz CT molecular complexity index is 1300. The molecule has 158 valence electrons. The molecule has 0 aliphatic rings. The van der Waals surface area contributed by atoms with Crippen LogP contribution in [0.5, 0.6) is 0 Å². The Hall–Kier alpha value is -3.20. The van der Waals surface area contributed by atoms with Crippen LogP contribution in [0.15, 0.2) is 59.1 Å². The van der Waals surface area contributed by atoms with E-state index in [1.54, 1.807) is 42.5 Å². The number of anilines is 1. The molecule has 1 amide bonds. The number of nitrogens with one attached hydrogen (secondary N) is 1. The molecule has 0 aliphatic heterocycles. The molecule has 2 aromatic heterocycles. The van der Waals surface area contributed by atoms with Gasteiger partial charge in [0.1, 0.15) is 0 Å². The second-order valence-electron chi connectivity index (χ2n) is 7.04. The van der Waals surface area contributed by atoms with Gasteiger partial charge in [-0.25, -0.2) is 9.50 Å². The first kappa shape index (κ1) is 21.0. The van der Waals surface area contributed by atoms with Gasteiger partial charge in [0.05, 0.1) is 10.2 Å². The first-order valence-corrected chi connectivity index (χ1v) is 10.0. The van der Waals surface area contributed by atoms with Crippen LogP contribution < -0.4 is 5.32 Å². The van der Waals surface area contributed by atoms with Crippen LogP contribution in [0.1, 0.15) is 27.3 Å². The second-order valence-corrected chi connectivity index (χ2v) is 7.83. The van der Waals surface area contributed by atoms with Crippen molar-refractivity contribution >= 4 is 33.2 Å². The van der Waals surface area contributed by atoms with E-state index in [1.807, 2.05) is 19.9 Å². The summed E-state index contributed by atoms with van der Waals surface area (Å²) in [6.45, 7) is 3.84. The normalized spacial score (nSPS) is 11.7. The molecule has 0 fully saturated rings. The number of aromatic nitrogens is 3. The number of benzene rings is 2. The molecule has 9 heteroatoms. The number of carbonyl (C=O) groups excluding carboxylic acids is 1. The maximum atomic E-state index is 13.8. The van der Waals surface area contributed by atoms with Gasteiger partial charge >= 0.3 is 6.18 Å². The minimum Gasteiger partial charge on any atom is -0.321 e. The molecule has 4 aromatic rings. The van der Waals surface area contributed by atoms with Crippen molar-refractivity contribution in [1.82, 2.24) is 14.6 Å². The van der Waals surface area contributed by atoms with Crippen LogP contribution in [0.2, 0.25) is 0 Å². The number of carbonyl (C=O) groups is 1. The molecule has 31 heavy (non-hydrogen) atoms. The molecule has 0 saturated heterocycles. The van der Waals surface area contributed by atoms with Crippen molar-refractivity contribution in [3.05, 3.63) is 81.6 Å². The molecule has 2 aromatic carbocycles. The van der Waals surface area contributed by atoms with Gasteiger partial charge in [-0.2, -0.15) is 18.3 Å². The van der Waals surface area contributed by atoms with Crippen LogP contribution in [0, 0.1) is 13.8 Å². The summed E-state index contributed by atoms with van der Waals surface area (Å²) in [4.78, 5) is 17.1. The summed E-state index contributed by atoms with van der Waals surface area (Å²) in [5.41, 5.74) is 1.88. The number of halogens is 4. The fourth-order valence-electron chi connectivity index (χ4n) is 3.10. The number of rotatable bonds is 3. The fourth-order valence-corrected chi connectivity index (χ4v) is 3.62. The molecule has 4 rings (SSSR count). The molecule has 0 saturated carbocycles. The minimum absolute atomic E-state index is 0.0807. The van der Waals surface area contributed by atoms with Crippen molar-refractivity contribution in [1.29, 1.82) is 0 Å². The summed E-state index contributed by atoms with van der Waals surface area (Å²) in [7, 11) is 0. The maximum Gasteiger partial charge on any atom is 0.433 e. The van der Waals surface area contributed by atoms with Gasteiger partial charge in [0.15, 0.2) is 17.0 Å². The van der Waals surface area contributed by atoms with Crippen molar-refractivity contribution in [3.8, 4) is 11.3 Å². The molecule has 0 unspecified atom stereocenters. The number of alkyl halides is 3. The number of aryl methyl sites for hydroxylation is 2. The van der Waals surface area contributed by atoms with Crippen LogP contribution in [0.3, 0.4) is 0 Å². The van der Waals surface area contributed by atoms with Crippen molar-refractivity contribution in [2.75, 3.05) is 5.32 Å². The van der Waals surface area contributed by atoms with E-state index in [0.717, 1.165) is 17.2 Å². The van der Waals surface area contributed by atoms with Crippen LogP contribution in [0.4, 0.5) is 18.9 Å². The van der Waals surface area contributed by atoms with Gasteiger partial charge in [-0.15, -0.1) is 0 Å². The predicted molar refractivity (Wildman–Crippen MR) is 115 cm³/mol. The Morgan fingerprint density at radius 1 is 1.03 bits per heavy atom. The molecule has 0 spiro atoms. The largest absolute Gasteiger partial charge is 0.433 e. The topological polar surface area (TPSA) is 59.3 Å². The third-order valence-corrected chi connectivity index (χ3v) is 5.60. The Kier molecular flexibility index (Phi) is 5.30. The number of hydrogen-bond donors (Lipinski definition) is 1. The Balaban J connectivity index is 1.83. The smallest absolute Gasteiger partial charge is 0.321 e. The van der Waals surface area contributed by atoms with Crippen molar-refractivity contribution in [3.63, 3.8) is 0 Å². The van der Waals surface area contributed by atoms with Gasteiger partial charge in [0, 0.05) is 11.3 Å². The van der Waals surface area contributed by atoms with E-state index in [0.29, 0.717) is 15.8 Å². The Morgan fingerprint density at radius 3 is 2.39 bits per heavy atom. The van der Waals surface area contributed by atoms with E-state index in [2.05, 4.69) is 31.3 Å². The van der Waals surface area contributed by atoms with Crippen LogP contribution >= 0.6 is 15.9 Å². The maximum absolute atomic E-state index is 13.8. The van der Waals surface area contributed by atoms with Crippen LogP contribution in [-0.4, -0.2) is 20.5 Å². The minimum atomic E-state index is -4.70. The zero-order valence-electron chi connectivity index (χ0n) is 16.5. The monoisotopic (exact) mass is 488 g/mol. The van der Waals surface area contributed by atoms with Gasteiger partial charge in [-0.1, -0.05) is 36.4 Å². The highest BCUT2D eigenvalue weighted by Crippen LogP contribution is 2.34. The number of hydrogen-bond acceptors (Lipinski definition) is 3. The lowest BCUT2D eigenvalue weighted by atomic mass is 10.1. The molecule has 2 heterocycles. The van der Waals surface area contributed by atoms with Crippen molar-refractivity contribution in [2.45, 2.75) is 20.0 Å². The third kappa shape index (κ3) is 4.05. The van der Waals surface area contributed by atoms with Gasteiger partial charge in [-0.05, 0) is 59.1 Å². The van der Waals surface area contributed by atoms with E-state index in [1.165, 1.54) is 0 Å². The number of amides is 1. The number of fused-ring (bicyclic) bond motifs is 1. The molecule has 0 aliphatic carbocycles. The lowest BCUT2D eigenvalue weighted by Gasteiger charge is -2.11. The molecule has 0 radical (unpaired) electrons. The standard InChI is InChI=1S/C22H16BrF3N4O/c1-12-8-9-15(10-13(12)2)27-21(31)19-18(23)20-28-16(14-6-4-3-5-7-14)11-17(22(24,25)26)30(20)29-19/h3-11H,1-2H3,(H,27,31). The lowest BCUT2D eigenvalue weighted by molar-refractivity contribution is -0.142. The highest BCUT2D eigenvalue weighted by Gasteiger charge is 2.36.